The molecule has 0 saturated heterocycles. The summed E-state index contributed by atoms with van der Waals surface area (Å²) in [7, 11) is 1.67. The summed E-state index contributed by atoms with van der Waals surface area (Å²) in [6.07, 6.45) is 1.86. The van der Waals surface area contributed by atoms with Crippen LogP contribution in [0.1, 0.15) is 18.7 Å². The molecule has 19 heavy (non-hydrogen) atoms. The second-order valence-electron chi connectivity index (χ2n) is 4.27. The molecule has 0 amide bonds. The zero-order chi connectivity index (χ0) is 13.8. The number of unbranched alkanes of at least 4 members (excludes halogenated alkanes) is 1. The summed E-state index contributed by atoms with van der Waals surface area (Å²) in [5.74, 6) is 0.585. The highest BCUT2D eigenvalue weighted by atomic mass is 35.5. The van der Waals surface area contributed by atoms with E-state index < -0.39 is 5.82 Å². The first-order valence-corrected chi connectivity index (χ1v) is 6.97. The monoisotopic (exact) mass is 304 g/mol. The molecule has 0 spiro atoms. The number of ether oxygens (including phenoxy) is 1. The van der Waals surface area contributed by atoms with Crippen LogP contribution in [0.15, 0.2) is 12.1 Å². The van der Waals surface area contributed by atoms with Gasteiger partial charge in [0.15, 0.2) is 0 Å². The van der Waals surface area contributed by atoms with E-state index in [9.17, 15) is 4.39 Å². The predicted octanol–water partition coefficient (Wildman–Crippen LogP) is 3.99. The van der Waals surface area contributed by atoms with Gasteiger partial charge in [-0.2, -0.15) is 0 Å². The number of methoxy groups -OCH3 is 1. The Morgan fingerprint density at radius 3 is 2.84 bits per heavy atom. The molecule has 0 unspecified atom stereocenters. The van der Waals surface area contributed by atoms with Gasteiger partial charge < -0.3 is 9.30 Å². The summed E-state index contributed by atoms with van der Waals surface area (Å²) in [5.41, 5.74) is 1.41. The SMILES string of the molecule is COCCCCn1c(CCl)nc2cc(Cl)c(F)cc21. The van der Waals surface area contributed by atoms with Gasteiger partial charge >= 0.3 is 0 Å². The molecule has 0 radical (unpaired) electrons. The minimum atomic E-state index is -0.437. The number of imidazole rings is 1. The molecule has 0 aliphatic carbocycles. The first-order chi connectivity index (χ1) is 9.17. The molecular weight excluding hydrogens is 290 g/mol. The van der Waals surface area contributed by atoms with Crippen LogP contribution in [0, 0.1) is 5.82 Å². The highest BCUT2D eigenvalue weighted by Crippen LogP contribution is 2.24. The van der Waals surface area contributed by atoms with Gasteiger partial charge in [-0.3, -0.25) is 0 Å². The van der Waals surface area contributed by atoms with Crippen molar-refractivity contribution >= 4 is 34.2 Å². The Hall–Kier alpha value is -0.840. The Balaban J connectivity index is 2.31. The van der Waals surface area contributed by atoms with Crippen molar-refractivity contribution in [2.75, 3.05) is 13.7 Å². The third-order valence-electron chi connectivity index (χ3n) is 2.97. The number of halogens is 3. The molecule has 0 aliphatic rings. The normalized spacial score (nSPS) is 11.4. The lowest BCUT2D eigenvalue weighted by atomic mass is 10.3. The second kappa shape index (κ2) is 6.55. The smallest absolute Gasteiger partial charge is 0.144 e. The standard InChI is InChI=1S/C13H15Cl2FN2O/c1-19-5-3-2-4-18-12-7-10(16)9(15)6-11(12)17-13(18)8-14/h6-7H,2-5,8H2,1H3. The third-order valence-corrected chi connectivity index (χ3v) is 3.50. The van der Waals surface area contributed by atoms with Crippen LogP contribution in [0.5, 0.6) is 0 Å². The van der Waals surface area contributed by atoms with Crippen molar-refractivity contribution in [3.05, 3.63) is 28.8 Å². The van der Waals surface area contributed by atoms with Crippen molar-refractivity contribution < 1.29 is 9.13 Å². The molecular formula is C13H15Cl2FN2O. The van der Waals surface area contributed by atoms with Gasteiger partial charge in [-0.25, -0.2) is 9.37 Å². The van der Waals surface area contributed by atoms with Crippen LogP contribution >= 0.6 is 23.2 Å². The minimum absolute atomic E-state index is 0.0812. The molecule has 0 saturated carbocycles. The molecule has 6 heteroatoms. The summed E-state index contributed by atoms with van der Waals surface area (Å²) in [4.78, 5) is 4.38. The Morgan fingerprint density at radius 1 is 1.37 bits per heavy atom. The number of aryl methyl sites for hydroxylation is 1. The number of aromatic nitrogens is 2. The highest BCUT2D eigenvalue weighted by molar-refractivity contribution is 6.31. The summed E-state index contributed by atoms with van der Waals surface area (Å²) in [6.45, 7) is 1.45. The zero-order valence-electron chi connectivity index (χ0n) is 10.6. The van der Waals surface area contributed by atoms with Crippen molar-refractivity contribution in [2.24, 2.45) is 0 Å². The Labute approximate surface area is 121 Å². The Morgan fingerprint density at radius 2 is 2.16 bits per heavy atom. The quantitative estimate of drug-likeness (QED) is 0.596. The molecule has 2 aromatic rings. The van der Waals surface area contributed by atoms with Gasteiger partial charge in [-0.05, 0) is 18.9 Å². The van der Waals surface area contributed by atoms with Gasteiger partial charge in [0.05, 0.1) is 21.9 Å². The van der Waals surface area contributed by atoms with Crippen LogP contribution in [-0.4, -0.2) is 23.3 Å². The van der Waals surface area contributed by atoms with Gasteiger partial charge in [0.25, 0.3) is 0 Å². The number of hydrogen-bond acceptors (Lipinski definition) is 2. The fourth-order valence-electron chi connectivity index (χ4n) is 2.04. The Bertz CT molecular complexity index is 571. The lowest BCUT2D eigenvalue weighted by Crippen LogP contribution is -2.03. The van der Waals surface area contributed by atoms with Crippen molar-refractivity contribution in [3.8, 4) is 0 Å². The topological polar surface area (TPSA) is 27.1 Å². The number of hydrogen-bond donors (Lipinski definition) is 0. The maximum atomic E-state index is 13.6. The van der Waals surface area contributed by atoms with Gasteiger partial charge in [0.2, 0.25) is 0 Å². The Kier molecular flexibility index (Phi) is 5.02. The number of alkyl halides is 1. The molecule has 0 atom stereocenters. The fraction of sp³-hybridized carbons (Fsp3) is 0.462. The van der Waals surface area contributed by atoms with E-state index in [4.69, 9.17) is 27.9 Å². The van der Waals surface area contributed by atoms with Gasteiger partial charge in [0, 0.05) is 26.3 Å². The maximum absolute atomic E-state index is 13.6. The van der Waals surface area contributed by atoms with E-state index in [0.717, 1.165) is 30.7 Å². The molecule has 1 aromatic carbocycles. The van der Waals surface area contributed by atoms with Crippen LogP contribution in [-0.2, 0) is 17.2 Å². The van der Waals surface area contributed by atoms with E-state index in [1.54, 1.807) is 7.11 Å². The summed E-state index contributed by atoms with van der Waals surface area (Å²) >= 11 is 11.7. The lowest BCUT2D eigenvalue weighted by Gasteiger charge is -2.07. The molecule has 0 aliphatic heterocycles. The van der Waals surface area contributed by atoms with Crippen molar-refractivity contribution in [2.45, 2.75) is 25.3 Å². The molecule has 1 heterocycles. The fourth-order valence-corrected chi connectivity index (χ4v) is 2.40. The van der Waals surface area contributed by atoms with Crippen molar-refractivity contribution in [3.63, 3.8) is 0 Å². The van der Waals surface area contributed by atoms with E-state index >= 15 is 0 Å². The van der Waals surface area contributed by atoms with Crippen molar-refractivity contribution in [1.29, 1.82) is 0 Å². The van der Waals surface area contributed by atoms with E-state index in [2.05, 4.69) is 4.98 Å². The molecule has 0 fully saturated rings. The van der Waals surface area contributed by atoms with Gasteiger partial charge in [-0.15, -0.1) is 11.6 Å². The average molecular weight is 305 g/mol. The predicted molar refractivity (Wildman–Crippen MR) is 75.4 cm³/mol. The van der Waals surface area contributed by atoms with Crippen LogP contribution in [0.4, 0.5) is 4.39 Å². The van der Waals surface area contributed by atoms with Crippen LogP contribution in [0.3, 0.4) is 0 Å². The maximum Gasteiger partial charge on any atom is 0.144 e. The van der Waals surface area contributed by atoms with E-state index in [0.29, 0.717) is 12.1 Å². The first-order valence-electron chi connectivity index (χ1n) is 6.06. The van der Waals surface area contributed by atoms with Gasteiger partial charge in [0.1, 0.15) is 11.6 Å². The largest absolute Gasteiger partial charge is 0.385 e. The molecule has 3 nitrogen and oxygen atoms in total. The van der Waals surface area contributed by atoms with Crippen molar-refractivity contribution in [1.82, 2.24) is 9.55 Å². The average Bonchev–Trinajstić information content (AvgIpc) is 2.73. The molecule has 2 rings (SSSR count). The second-order valence-corrected chi connectivity index (χ2v) is 4.94. The van der Waals surface area contributed by atoms with Crippen LogP contribution < -0.4 is 0 Å². The highest BCUT2D eigenvalue weighted by Gasteiger charge is 2.12. The molecule has 104 valence electrons. The molecule has 1 aromatic heterocycles. The van der Waals surface area contributed by atoms with Gasteiger partial charge in [-0.1, -0.05) is 11.6 Å². The zero-order valence-corrected chi connectivity index (χ0v) is 12.1. The summed E-state index contributed by atoms with van der Waals surface area (Å²) in [5, 5.41) is 0.0812. The number of rotatable bonds is 6. The summed E-state index contributed by atoms with van der Waals surface area (Å²) < 4.78 is 20.5. The van der Waals surface area contributed by atoms with Crippen LogP contribution in [0.2, 0.25) is 5.02 Å². The lowest BCUT2D eigenvalue weighted by molar-refractivity contribution is 0.191. The van der Waals surface area contributed by atoms with E-state index in [1.807, 2.05) is 4.57 Å². The minimum Gasteiger partial charge on any atom is -0.385 e. The number of fused-ring (bicyclic) bond motifs is 1. The molecule has 0 bridgehead atoms. The first kappa shape index (κ1) is 14.6. The summed E-state index contributed by atoms with van der Waals surface area (Å²) in [6, 6.07) is 2.95. The number of benzene rings is 1. The van der Waals surface area contributed by atoms with E-state index in [-0.39, 0.29) is 10.9 Å². The number of nitrogens with zero attached hydrogens (tertiary/aromatic N) is 2. The third kappa shape index (κ3) is 3.19. The van der Waals surface area contributed by atoms with E-state index in [1.165, 1.54) is 12.1 Å². The van der Waals surface area contributed by atoms with Crippen LogP contribution in [0.25, 0.3) is 11.0 Å². The molecule has 0 N–H and O–H groups in total.